The van der Waals surface area contributed by atoms with E-state index in [0.29, 0.717) is 24.0 Å². The van der Waals surface area contributed by atoms with Crippen LogP contribution in [0.15, 0.2) is 84.4 Å². The normalized spacial score (nSPS) is 13.9. The molecule has 0 heterocycles. The van der Waals surface area contributed by atoms with Crippen molar-refractivity contribution in [1.29, 1.82) is 0 Å². The molecule has 0 spiro atoms. The van der Waals surface area contributed by atoms with E-state index in [1.807, 2.05) is 43.3 Å². The Morgan fingerprint density at radius 1 is 1.00 bits per heavy atom. The summed E-state index contributed by atoms with van der Waals surface area (Å²) in [6.45, 7) is 1.91. The zero-order valence-corrected chi connectivity index (χ0v) is 19.0. The molecule has 4 rings (SSSR count). The second-order valence-electron chi connectivity index (χ2n) is 8.09. The van der Waals surface area contributed by atoms with E-state index in [0.717, 1.165) is 39.5 Å². The predicted octanol–water partition coefficient (Wildman–Crippen LogP) is 7.64. The minimum Gasteiger partial charge on any atom is -0.478 e. The predicted molar refractivity (Wildman–Crippen MR) is 131 cm³/mol. The van der Waals surface area contributed by atoms with Gasteiger partial charge in [-0.1, -0.05) is 79.7 Å². The number of benzene rings is 3. The van der Waals surface area contributed by atoms with E-state index in [1.165, 1.54) is 18.2 Å². The average Bonchev–Trinajstić information content (AvgIpc) is 3.25. The summed E-state index contributed by atoms with van der Waals surface area (Å²) in [6.07, 6.45) is 0.944. The standard InChI is InChI=1S/C29H23F3O3/c1-2-24(25-9-5-6-10-26(25)35-29(30,31)32)28(23-17-21-7-3-4-8-22(21)18-23)20-14-11-19(12-15-20)13-16-27(33)34/h3-17H,2,18H2,1H3,(H,33,34)/b16-13+,28-24+. The Balaban J connectivity index is 1.89. The van der Waals surface area contributed by atoms with Crippen LogP contribution in [0.1, 0.15) is 41.2 Å². The minimum absolute atomic E-state index is 0.244. The first-order chi connectivity index (χ1) is 16.7. The van der Waals surface area contributed by atoms with Crippen LogP contribution < -0.4 is 4.74 Å². The van der Waals surface area contributed by atoms with Crippen LogP contribution in [-0.2, 0) is 11.2 Å². The summed E-state index contributed by atoms with van der Waals surface area (Å²) in [4.78, 5) is 10.9. The monoisotopic (exact) mass is 476 g/mol. The number of allylic oxidation sites excluding steroid dienone is 3. The summed E-state index contributed by atoms with van der Waals surface area (Å²) < 4.78 is 43.9. The largest absolute Gasteiger partial charge is 0.573 e. The first-order valence-corrected chi connectivity index (χ1v) is 11.1. The van der Waals surface area contributed by atoms with Crippen molar-refractivity contribution >= 4 is 29.3 Å². The number of ether oxygens (including phenoxy) is 1. The topological polar surface area (TPSA) is 46.5 Å². The highest BCUT2D eigenvalue weighted by Gasteiger charge is 2.33. The molecule has 0 saturated carbocycles. The van der Waals surface area contributed by atoms with Gasteiger partial charge in [0.15, 0.2) is 0 Å². The molecule has 3 aromatic rings. The van der Waals surface area contributed by atoms with Crippen molar-refractivity contribution in [2.24, 2.45) is 0 Å². The zero-order valence-electron chi connectivity index (χ0n) is 19.0. The van der Waals surface area contributed by atoms with Gasteiger partial charge in [-0.3, -0.25) is 0 Å². The van der Waals surface area contributed by atoms with Crippen molar-refractivity contribution in [3.8, 4) is 5.75 Å². The summed E-state index contributed by atoms with van der Waals surface area (Å²) in [6, 6.07) is 21.5. The Bertz CT molecular complexity index is 1330. The number of carboxylic acid groups (broad SMARTS) is 1. The SMILES string of the molecule is CC/C(=C(\C1=Cc2ccccc2C1)c1ccc(/C=C/C(=O)O)cc1)c1ccccc1OC(F)(F)F. The number of para-hydroxylation sites is 1. The molecule has 0 unspecified atom stereocenters. The Morgan fingerprint density at radius 3 is 2.34 bits per heavy atom. The van der Waals surface area contributed by atoms with Gasteiger partial charge in [-0.05, 0) is 64.0 Å². The summed E-state index contributed by atoms with van der Waals surface area (Å²) in [5.74, 6) is -1.29. The molecule has 0 aliphatic heterocycles. The maximum absolute atomic E-state index is 13.2. The summed E-state index contributed by atoms with van der Waals surface area (Å²) in [7, 11) is 0. The third-order valence-corrected chi connectivity index (χ3v) is 5.80. The molecule has 1 N–H and O–H groups in total. The van der Waals surface area contributed by atoms with Crippen LogP contribution in [0.3, 0.4) is 0 Å². The van der Waals surface area contributed by atoms with E-state index >= 15 is 0 Å². The maximum atomic E-state index is 13.2. The minimum atomic E-state index is -4.81. The second kappa shape index (κ2) is 10.1. The highest BCUT2D eigenvalue weighted by Crippen LogP contribution is 2.43. The maximum Gasteiger partial charge on any atom is 0.573 e. The Labute approximate surface area is 201 Å². The molecule has 3 aromatic carbocycles. The van der Waals surface area contributed by atoms with Crippen LogP contribution >= 0.6 is 0 Å². The number of halogens is 3. The lowest BCUT2D eigenvalue weighted by Crippen LogP contribution is -2.18. The first-order valence-electron chi connectivity index (χ1n) is 11.1. The number of rotatable bonds is 7. The van der Waals surface area contributed by atoms with Gasteiger partial charge in [-0.25, -0.2) is 4.79 Å². The fraction of sp³-hybridized carbons (Fsp3) is 0.138. The molecule has 0 bridgehead atoms. The van der Waals surface area contributed by atoms with Crippen LogP contribution in [0.25, 0.3) is 23.3 Å². The van der Waals surface area contributed by atoms with Crippen LogP contribution in [0, 0.1) is 0 Å². The van der Waals surface area contributed by atoms with Gasteiger partial charge in [0.2, 0.25) is 0 Å². The number of alkyl halides is 3. The van der Waals surface area contributed by atoms with E-state index < -0.39 is 12.3 Å². The molecular formula is C29H23F3O3. The molecule has 1 aliphatic carbocycles. The van der Waals surface area contributed by atoms with Crippen molar-refractivity contribution < 1.29 is 27.8 Å². The van der Waals surface area contributed by atoms with Gasteiger partial charge in [-0.2, -0.15) is 0 Å². The Morgan fingerprint density at radius 2 is 1.69 bits per heavy atom. The zero-order chi connectivity index (χ0) is 25.0. The Hall–Kier alpha value is -4.06. The van der Waals surface area contributed by atoms with Gasteiger partial charge in [0, 0.05) is 11.6 Å². The van der Waals surface area contributed by atoms with E-state index in [-0.39, 0.29) is 5.75 Å². The highest BCUT2D eigenvalue weighted by atomic mass is 19.4. The van der Waals surface area contributed by atoms with Gasteiger partial charge in [-0.15, -0.1) is 13.2 Å². The van der Waals surface area contributed by atoms with Crippen molar-refractivity contribution in [3.05, 3.63) is 112 Å². The fourth-order valence-electron chi connectivity index (χ4n) is 4.35. The first kappa shape index (κ1) is 24.1. The highest BCUT2D eigenvalue weighted by molar-refractivity contribution is 6.02. The number of carbonyl (C=O) groups is 1. The van der Waals surface area contributed by atoms with Gasteiger partial charge in [0.05, 0.1) is 0 Å². The third kappa shape index (κ3) is 5.72. The molecule has 0 amide bonds. The number of carboxylic acids is 1. The van der Waals surface area contributed by atoms with E-state index in [4.69, 9.17) is 5.11 Å². The summed E-state index contributed by atoms with van der Waals surface area (Å²) >= 11 is 0. The lowest BCUT2D eigenvalue weighted by molar-refractivity contribution is -0.274. The molecule has 0 saturated heterocycles. The molecule has 0 atom stereocenters. The quantitative estimate of drug-likeness (QED) is 0.282. The lowest BCUT2D eigenvalue weighted by Gasteiger charge is -2.20. The molecule has 0 radical (unpaired) electrons. The van der Waals surface area contributed by atoms with E-state index in [2.05, 4.69) is 10.8 Å². The summed E-state index contributed by atoms with van der Waals surface area (Å²) in [5.41, 5.74) is 6.72. The fourth-order valence-corrected chi connectivity index (χ4v) is 4.35. The summed E-state index contributed by atoms with van der Waals surface area (Å²) in [5, 5.41) is 8.89. The van der Waals surface area contributed by atoms with E-state index in [1.54, 1.807) is 24.3 Å². The van der Waals surface area contributed by atoms with E-state index in [9.17, 15) is 18.0 Å². The molecule has 178 valence electrons. The van der Waals surface area contributed by atoms with Crippen molar-refractivity contribution in [3.63, 3.8) is 0 Å². The van der Waals surface area contributed by atoms with Crippen LogP contribution in [0.4, 0.5) is 13.2 Å². The number of hydrogen-bond donors (Lipinski definition) is 1. The smallest absolute Gasteiger partial charge is 0.478 e. The van der Waals surface area contributed by atoms with Gasteiger partial charge in [0.1, 0.15) is 5.75 Å². The van der Waals surface area contributed by atoms with Crippen molar-refractivity contribution in [1.82, 2.24) is 0 Å². The van der Waals surface area contributed by atoms with Crippen LogP contribution in [0.5, 0.6) is 5.75 Å². The lowest BCUT2D eigenvalue weighted by atomic mass is 9.86. The molecule has 0 aromatic heterocycles. The van der Waals surface area contributed by atoms with Gasteiger partial charge in [0.25, 0.3) is 0 Å². The third-order valence-electron chi connectivity index (χ3n) is 5.80. The molecule has 6 heteroatoms. The molecule has 0 fully saturated rings. The molecule has 3 nitrogen and oxygen atoms in total. The number of fused-ring (bicyclic) bond motifs is 1. The van der Waals surface area contributed by atoms with Crippen LogP contribution in [-0.4, -0.2) is 17.4 Å². The second-order valence-corrected chi connectivity index (χ2v) is 8.09. The van der Waals surface area contributed by atoms with Gasteiger partial charge < -0.3 is 9.84 Å². The van der Waals surface area contributed by atoms with Crippen molar-refractivity contribution in [2.75, 3.05) is 0 Å². The molecular weight excluding hydrogens is 453 g/mol. The molecule has 35 heavy (non-hydrogen) atoms. The Kier molecular flexibility index (Phi) is 6.92. The van der Waals surface area contributed by atoms with Crippen LogP contribution in [0.2, 0.25) is 0 Å². The van der Waals surface area contributed by atoms with Crippen molar-refractivity contribution in [2.45, 2.75) is 26.1 Å². The number of aliphatic carboxylic acids is 1. The van der Waals surface area contributed by atoms with Gasteiger partial charge >= 0.3 is 12.3 Å². The average molecular weight is 476 g/mol. The molecule has 1 aliphatic rings. The number of hydrogen-bond acceptors (Lipinski definition) is 2.